The highest BCUT2D eigenvalue weighted by atomic mass is 16.5. The third kappa shape index (κ3) is 4.19. The molecule has 20 heavy (non-hydrogen) atoms. The van der Waals surface area contributed by atoms with Gasteiger partial charge in [0.2, 0.25) is 0 Å². The topological polar surface area (TPSA) is 38.5 Å². The van der Waals surface area contributed by atoms with E-state index < -0.39 is 0 Å². The molecule has 2 saturated carbocycles. The lowest BCUT2D eigenvalue weighted by atomic mass is 9.78. The first-order valence-electron chi connectivity index (χ1n) is 8.62. The Morgan fingerprint density at radius 1 is 1.10 bits per heavy atom. The zero-order valence-electron chi connectivity index (χ0n) is 13.7. The van der Waals surface area contributed by atoms with Crippen LogP contribution in [0.25, 0.3) is 0 Å². The molecule has 2 aliphatic carbocycles. The molecule has 3 nitrogen and oxygen atoms in total. The van der Waals surface area contributed by atoms with Gasteiger partial charge in [0.05, 0.1) is 6.61 Å². The van der Waals surface area contributed by atoms with E-state index in [0.29, 0.717) is 12.1 Å². The maximum absolute atomic E-state index is 6.19. The van der Waals surface area contributed by atoms with Gasteiger partial charge in [0.15, 0.2) is 0 Å². The molecule has 0 radical (unpaired) electrons. The van der Waals surface area contributed by atoms with Crippen LogP contribution in [0.2, 0.25) is 0 Å². The highest BCUT2D eigenvalue weighted by Gasteiger charge is 2.37. The van der Waals surface area contributed by atoms with Crippen molar-refractivity contribution in [1.29, 1.82) is 0 Å². The SMILES string of the molecule is COCCN(C(C)C1CC1)C(CN)C1CCC(C)CC1. The first-order chi connectivity index (χ1) is 9.67. The predicted molar refractivity (Wildman–Crippen MR) is 84.7 cm³/mol. The summed E-state index contributed by atoms with van der Waals surface area (Å²) in [6, 6.07) is 1.24. The van der Waals surface area contributed by atoms with Crippen molar-refractivity contribution in [3.8, 4) is 0 Å². The van der Waals surface area contributed by atoms with Crippen LogP contribution in [0.1, 0.15) is 52.4 Å². The molecule has 3 heteroatoms. The van der Waals surface area contributed by atoms with Crippen molar-refractivity contribution in [1.82, 2.24) is 4.90 Å². The van der Waals surface area contributed by atoms with Gasteiger partial charge >= 0.3 is 0 Å². The minimum Gasteiger partial charge on any atom is -0.383 e. The highest BCUT2D eigenvalue weighted by Crippen LogP contribution is 2.38. The number of hydrogen-bond donors (Lipinski definition) is 1. The molecule has 0 saturated heterocycles. The van der Waals surface area contributed by atoms with Gasteiger partial charge in [-0.05, 0) is 50.4 Å². The monoisotopic (exact) mass is 282 g/mol. The number of nitrogens with zero attached hydrogens (tertiary/aromatic N) is 1. The second-order valence-corrected chi connectivity index (χ2v) is 7.13. The molecule has 2 rings (SSSR count). The molecule has 2 fully saturated rings. The van der Waals surface area contributed by atoms with E-state index in [0.717, 1.165) is 37.5 Å². The normalized spacial score (nSPS) is 30.4. The van der Waals surface area contributed by atoms with E-state index in [-0.39, 0.29) is 0 Å². The van der Waals surface area contributed by atoms with E-state index in [1.54, 1.807) is 7.11 Å². The molecular weight excluding hydrogens is 248 g/mol. The van der Waals surface area contributed by atoms with E-state index in [9.17, 15) is 0 Å². The molecular formula is C17H34N2O. The van der Waals surface area contributed by atoms with Crippen LogP contribution >= 0.6 is 0 Å². The molecule has 2 unspecified atom stereocenters. The maximum Gasteiger partial charge on any atom is 0.0589 e. The summed E-state index contributed by atoms with van der Waals surface area (Å²) < 4.78 is 5.34. The standard InChI is InChI=1S/C17H34N2O/c1-13-4-6-16(7-5-13)17(12-18)19(10-11-20-3)14(2)15-8-9-15/h13-17H,4-12,18H2,1-3H3. The predicted octanol–water partition coefficient (Wildman–Crippen LogP) is 2.89. The zero-order valence-corrected chi connectivity index (χ0v) is 13.7. The van der Waals surface area contributed by atoms with Crippen molar-refractivity contribution < 1.29 is 4.74 Å². The molecule has 0 spiro atoms. The van der Waals surface area contributed by atoms with Gasteiger partial charge in [0.1, 0.15) is 0 Å². The number of nitrogens with two attached hydrogens (primary N) is 1. The first kappa shape index (κ1) is 16.3. The third-order valence-corrected chi connectivity index (χ3v) is 5.65. The molecule has 2 N–H and O–H groups in total. The fourth-order valence-corrected chi connectivity index (χ4v) is 3.99. The average molecular weight is 282 g/mol. The van der Waals surface area contributed by atoms with Crippen molar-refractivity contribution in [3.63, 3.8) is 0 Å². The van der Waals surface area contributed by atoms with Crippen LogP contribution in [0.3, 0.4) is 0 Å². The molecule has 2 atom stereocenters. The number of methoxy groups -OCH3 is 1. The Hall–Kier alpha value is -0.120. The molecule has 0 aromatic heterocycles. The second-order valence-electron chi connectivity index (χ2n) is 7.13. The van der Waals surface area contributed by atoms with E-state index in [1.165, 1.54) is 38.5 Å². The van der Waals surface area contributed by atoms with Gasteiger partial charge in [-0.1, -0.05) is 19.8 Å². The van der Waals surface area contributed by atoms with Gasteiger partial charge in [-0.2, -0.15) is 0 Å². The first-order valence-corrected chi connectivity index (χ1v) is 8.62. The zero-order chi connectivity index (χ0) is 14.5. The van der Waals surface area contributed by atoms with Crippen LogP contribution in [0.5, 0.6) is 0 Å². The summed E-state index contributed by atoms with van der Waals surface area (Å²) in [7, 11) is 1.81. The van der Waals surface area contributed by atoms with Gasteiger partial charge in [-0.3, -0.25) is 4.90 Å². The van der Waals surface area contributed by atoms with Gasteiger partial charge in [-0.25, -0.2) is 0 Å². The lowest BCUT2D eigenvalue weighted by molar-refractivity contribution is 0.0445. The van der Waals surface area contributed by atoms with Gasteiger partial charge < -0.3 is 10.5 Å². The van der Waals surface area contributed by atoms with Gasteiger partial charge in [0.25, 0.3) is 0 Å². The Labute approximate surface area is 125 Å². The van der Waals surface area contributed by atoms with Crippen molar-refractivity contribution in [2.75, 3.05) is 26.8 Å². The second kappa shape index (κ2) is 7.77. The fourth-order valence-electron chi connectivity index (χ4n) is 3.99. The molecule has 0 heterocycles. The summed E-state index contributed by atoms with van der Waals surface area (Å²) in [6.07, 6.45) is 8.31. The van der Waals surface area contributed by atoms with Crippen LogP contribution in [-0.2, 0) is 4.74 Å². The van der Waals surface area contributed by atoms with E-state index in [2.05, 4.69) is 18.7 Å². The molecule has 0 aromatic rings. The van der Waals surface area contributed by atoms with Crippen LogP contribution in [0.4, 0.5) is 0 Å². The maximum atomic E-state index is 6.19. The summed E-state index contributed by atoms with van der Waals surface area (Å²) >= 11 is 0. The Morgan fingerprint density at radius 3 is 2.20 bits per heavy atom. The highest BCUT2D eigenvalue weighted by molar-refractivity contribution is 4.92. The summed E-state index contributed by atoms with van der Waals surface area (Å²) in [5.41, 5.74) is 6.19. The molecule has 0 amide bonds. The van der Waals surface area contributed by atoms with Crippen molar-refractivity contribution in [2.45, 2.75) is 64.5 Å². The van der Waals surface area contributed by atoms with Gasteiger partial charge in [-0.15, -0.1) is 0 Å². The van der Waals surface area contributed by atoms with E-state index >= 15 is 0 Å². The van der Waals surface area contributed by atoms with Crippen molar-refractivity contribution in [2.24, 2.45) is 23.5 Å². The fraction of sp³-hybridized carbons (Fsp3) is 1.00. The largest absolute Gasteiger partial charge is 0.383 e. The van der Waals surface area contributed by atoms with E-state index in [4.69, 9.17) is 10.5 Å². The number of rotatable bonds is 8. The van der Waals surface area contributed by atoms with Crippen LogP contribution < -0.4 is 5.73 Å². The average Bonchev–Trinajstić information content (AvgIpc) is 3.29. The lowest BCUT2D eigenvalue weighted by Gasteiger charge is -2.42. The minimum atomic E-state index is 0.563. The Kier molecular flexibility index (Phi) is 6.31. The Morgan fingerprint density at radius 2 is 1.70 bits per heavy atom. The minimum absolute atomic E-state index is 0.563. The molecule has 0 aromatic carbocycles. The lowest BCUT2D eigenvalue weighted by Crippen LogP contribution is -2.52. The summed E-state index contributed by atoms with van der Waals surface area (Å²) in [4.78, 5) is 2.68. The van der Waals surface area contributed by atoms with Crippen molar-refractivity contribution in [3.05, 3.63) is 0 Å². The number of ether oxygens (including phenoxy) is 1. The summed E-state index contributed by atoms with van der Waals surface area (Å²) in [5, 5.41) is 0. The van der Waals surface area contributed by atoms with Gasteiger partial charge in [0, 0.05) is 32.3 Å². The number of hydrogen-bond acceptors (Lipinski definition) is 3. The smallest absolute Gasteiger partial charge is 0.0589 e. The summed E-state index contributed by atoms with van der Waals surface area (Å²) in [6.45, 7) is 7.48. The quantitative estimate of drug-likeness (QED) is 0.744. The van der Waals surface area contributed by atoms with E-state index in [1.807, 2.05) is 0 Å². The molecule has 0 bridgehead atoms. The van der Waals surface area contributed by atoms with Crippen LogP contribution in [0, 0.1) is 17.8 Å². The van der Waals surface area contributed by atoms with Crippen LogP contribution in [-0.4, -0.2) is 43.8 Å². The molecule has 0 aliphatic heterocycles. The molecule has 118 valence electrons. The molecule has 2 aliphatic rings. The third-order valence-electron chi connectivity index (χ3n) is 5.65. The Bertz CT molecular complexity index is 272. The van der Waals surface area contributed by atoms with Crippen molar-refractivity contribution >= 4 is 0 Å². The Balaban J connectivity index is 1.98. The van der Waals surface area contributed by atoms with Crippen LogP contribution in [0.15, 0.2) is 0 Å². The summed E-state index contributed by atoms with van der Waals surface area (Å²) in [5.74, 6) is 2.62.